The van der Waals surface area contributed by atoms with Crippen molar-refractivity contribution in [3.63, 3.8) is 0 Å². The summed E-state index contributed by atoms with van der Waals surface area (Å²) in [5.74, 6) is 1.10. The van der Waals surface area contributed by atoms with Gasteiger partial charge in [-0.2, -0.15) is 5.26 Å². The Kier molecular flexibility index (Phi) is 4.47. The van der Waals surface area contributed by atoms with Crippen molar-refractivity contribution >= 4 is 15.9 Å². The topological polar surface area (TPSA) is 97.7 Å². The van der Waals surface area contributed by atoms with E-state index in [1.807, 2.05) is 6.07 Å². The highest BCUT2D eigenvalue weighted by Gasteiger charge is 2.32. The summed E-state index contributed by atoms with van der Waals surface area (Å²) in [5, 5.41) is 19.3. The average molecular weight is 403 g/mol. The van der Waals surface area contributed by atoms with E-state index >= 15 is 0 Å². The largest absolute Gasteiger partial charge is 0.508 e. The molecule has 0 spiro atoms. The van der Waals surface area contributed by atoms with E-state index in [1.165, 1.54) is 6.07 Å². The van der Waals surface area contributed by atoms with Gasteiger partial charge in [-0.05, 0) is 39.7 Å². The first-order chi connectivity index (χ1) is 12.0. The minimum Gasteiger partial charge on any atom is -0.508 e. The second-order valence-electron chi connectivity index (χ2n) is 5.39. The molecule has 0 unspecified atom stereocenters. The van der Waals surface area contributed by atoms with Gasteiger partial charge in [0, 0.05) is 11.6 Å². The SMILES string of the molecule is COc1cc([C@@H]2C(C#N)=C(N)Oc3cc(O)ccc32)cc(Br)c1OC. The molecule has 1 aliphatic heterocycles. The number of phenolic OH excluding ortho intramolecular Hbond substituents is 1. The van der Waals surface area contributed by atoms with Gasteiger partial charge in [0.05, 0.1) is 24.6 Å². The third kappa shape index (κ3) is 2.85. The highest BCUT2D eigenvalue weighted by atomic mass is 79.9. The lowest BCUT2D eigenvalue weighted by atomic mass is 9.83. The molecular weight excluding hydrogens is 388 g/mol. The Balaban J connectivity index is 2.25. The first-order valence-electron chi connectivity index (χ1n) is 7.32. The van der Waals surface area contributed by atoms with E-state index in [-0.39, 0.29) is 17.2 Å². The predicted molar refractivity (Wildman–Crippen MR) is 94.7 cm³/mol. The molecule has 3 rings (SSSR count). The molecule has 3 N–H and O–H groups in total. The number of fused-ring (bicyclic) bond motifs is 1. The Morgan fingerprint density at radius 1 is 1.24 bits per heavy atom. The summed E-state index contributed by atoms with van der Waals surface area (Å²) in [6.45, 7) is 0. The molecule has 0 bridgehead atoms. The summed E-state index contributed by atoms with van der Waals surface area (Å²) in [5.41, 5.74) is 7.72. The van der Waals surface area contributed by atoms with Crippen LogP contribution < -0.4 is 19.9 Å². The molecule has 0 aliphatic carbocycles. The van der Waals surface area contributed by atoms with Gasteiger partial charge in [0.1, 0.15) is 23.1 Å². The summed E-state index contributed by atoms with van der Waals surface area (Å²) >= 11 is 3.47. The highest BCUT2D eigenvalue weighted by molar-refractivity contribution is 9.10. The molecule has 0 saturated carbocycles. The first-order valence-corrected chi connectivity index (χ1v) is 8.11. The van der Waals surface area contributed by atoms with Crippen molar-refractivity contribution in [3.05, 3.63) is 57.4 Å². The molecule has 0 saturated heterocycles. The lowest BCUT2D eigenvalue weighted by Gasteiger charge is -2.27. The Morgan fingerprint density at radius 3 is 2.64 bits per heavy atom. The van der Waals surface area contributed by atoms with Gasteiger partial charge in [-0.15, -0.1) is 0 Å². The maximum absolute atomic E-state index is 9.70. The summed E-state index contributed by atoms with van der Waals surface area (Å²) in [6.07, 6.45) is 0. The highest BCUT2D eigenvalue weighted by Crippen LogP contribution is 2.46. The maximum Gasteiger partial charge on any atom is 0.205 e. The number of phenols is 1. The molecule has 1 atom stereocenters. The van der Waals surface area contributed by atoms with Crippen LogP contribution in [0.2, 0.25) is 0 Å². The number of nitriles is 1. The molecule has 2 aromatic carbocycles. The zero-order valence-electron chi connectivity index (χ0n) is 13.5. The van der Waals surface area contributed by atoms with E-state index in [4.69, 9.17) is 19.9 Å². The van der Waals surface area contributed by atoms with E-state index in [9.17, 15) is 10.4 Å². The number of halogens is 1. The quantitative estimate of drug-likeness (QED) is 0.816. The van der Waals surface area contributed by atoms with Crippen molar-refractivity contribution in [2.24, 2.45) is 5.73 Å². The van der Waals surface area contributed by atoms with Crippen LogP contribution in [0.25, 0.3) is 0 Å². The molecule has 128 valence electrons. The normalized spacial score (nSPS) is 15.8. The van der Waals surface area contributed by atoms with Gasteiger partial charge in [-0.3, -0.25) is 0 Å². The zero-order chi connectivity index (χ0) is 18.1. The van der Waals surface area contributed by atoms with Gasteiger partial charge in [-0.1, -0.05) is 6.07 Å². The number of benzene rings is 2. The monoisotopic (exact) mass is 402 g/mol. The molecule has 0 radical (unpaired) electrons. The number of ether oxygens (including phenoxy) is 3. The average Bonchev–Trinajstić information content (AvgIpc) is 2.59. The second kappa shape index (κ2) is 6.57. The summed E-state index contributed by atoms with van der Waals surface area (Å²) in [4.78, 5) is 0. The number of hydrogen-bond acceptors (Lipinski definition) is 6. The van der Waals surface area contributed by atoms with Gasteiger partial charge < -0.3 is 25.1 Å². The van der Waals surface area contributed by atoms with Crippen molar-refractivity contribution in [3.8, 4) is 29.1 Å². The first kappa shape index (κ1) is 17.0. The maximum atomic E-state index is 9.70. The summed E-state index contributed by atoms with van der Waals surface area (Å²) in [7, 11) is 3.09. The third-order valence-electron chi connectivity index (χ3n) is 3.99. The standard InChI is InChI=1S/C18H15BrN2O4/c1-23-15-6-9(5-13(19)17(15)24-2)16-11-4-3-10(22)7-14(11)25-18(21)12(16)8-20/h3-7,16,22H,21H2,1-2H3/t16-/m0/s1. The van der Waals surface area contributed by atoms with Crippen LogP contribution in [0, 0.1) is 11.3 Å². The van der Waals surface area contributed by atoms with Crippen LogP contribution >= 0.6 is 15.9 Å². The van der Waals surface area contributed by atoms with Crippen LogP contribution in [0.5, 0.6) is 23.0 Å². The van der Waals surface area contributed by atoms with Crippen LogP contribution in [0.3, 0.4) is 0 Å². The van der Waals surface area contributed by atoms with Gasteiger partial charge in [0.25, 0.3) is 0 Å². The van der Waals surface area contributed by atoms with Gasteiger partial charge in [0.15, 0.2) is 11.5 Å². The van der Waals surface area contributed by atoms with Crippen LogP contribution in [0.15, 0.2) is 46.3 Å². The fourth-order valence-electron chi connectivity index (χ4n) is 2.89. The molecule has 0 aromatic heterocycles. The van der Waals surface area contributed by atoms with Crippen molar-refractivity contribution in [2.75, 3.05) is 14.2 Å². The Labute approximate surface area is 153 Å². The minimum absolute atomic E-state index is 0.0107. The molecule has 7 heteroatoms. The van der Waals surface area contributed by atoms with Gasteiger partial charge in [0.2, 0.25) is 5.88 Å². The van der Waals surface area contributed by atoms with Crippen LogP contribution in [-0.4, -0.2) is 19.3 Å². The number of methoxy groups -OCH3 is 2. The number of nitrogens with zero attached hydrogens (tertiary/aromatic N) is 1. The van der Waals surface area contributed by atoms with E-state index in [0.717, 1.165) is 11.1 Å². The van der Waals surface area contributed by atoms with Crippen molar-refractivity contribution in [1.29, 1.82) is 5.26 Å². The second-order valence-corrected chi connectivity index (χ2v) is 6.24. The minimum atomic E-state index is -0.453. The molecule has 1 aliphatic rings. The van der Waals surface area contributed by atoms with E-state index in [2.05, 4.69) is 22.0 Å². The molecule has 25 heavy (non-hydrogen) atoms. The molecule has 1 heterocycles. The van der Waals surface area contributed by atoms with Gasteiger partial charge >= 0.3 is 0 Å². The number of allylic oxidation sites excluding steroid dienone is 1. The lowest BCUT2D eigenvalue weighted by molar-refractivity contribution is 0.352. The van der Waals surface area contributed by atoms with Gasteiger partial charge in [-0.25, -0.2) is 0 Å². The van der Waals surface area contributed by atoms with E-state index in [1.54, 1.807) is 32.4 Å². The fraction of sp³-hybridized carbons (Fsp3) is 0.167. The number of nitrogens with two attached hydrogens (primary N) is 1. The number of aromatic hydroxyl groups is 1. The number of hydrogen-bond donors (Lipinski definition) is 2. The Morgan fingerprint density at radius 2 is 2.00 bits per heavy atom. The van der Waals surface area contributed by atoms with Crippen molar-refractivity contribution < 1.29 is 19.3 Å². The van der Waals surface area contributed by atoms with Crippen molar-refractivity contribution in [2.45, 2.75) is 5.92 Å². The van der Waals surface area contributed by atoms with E-state index in [0.29, 0.717) is 21.7 Å². The van der Waals surface area contributed by atoms with Crippen LogP contribution in [-0.2, 0) is 0 Å². The van der Waals surface area contributed by atoms with Crippen LogP contribution in [0.1, 0.15) is 17.0 Å². The number of rotatable bonds is 3. The predicted octanol–water partition coefficient (Wildman–Crippen LogP) is 3.39. The molecule has 0 fully saturated rings. The van der Waals surface area contributed by atoms with Crippen molar-refractivity contribution in [1.82, 2.24) is 0 Å². The smallest absolute Gasteiger partial charge is 0.205 e. The Hall–Kier alpha value is -2.85. The zero-order valence-corrected chi connectivity index (χ0v) is 15.1. The third-order valence-corrected chi connectivity index (χ3v) is 4.58. The molecular formula is C18H15BrN2O4. The molecule has 2 aromatic rings. The van der Waals surface area contributed by atoms with E-state index < -0.39 is 5.92 Å². The Bertz CT molecular complexity index is 918. The van der Waals surface area contributed by atoms with Crippen LogP contribution in [0.4, 0.5) is 0 Å². The summed E-state index contributed by atoms with van der Waals surface area (Å²) in [6, 6.07) is 10.5. The lowest BCUT2D eigenvalue weighted by Crippen LogP contribution is -2.21. The molecule has 6 nitrogen and oxygen atoms in total. The summed E-state index contributed by atoms with van der Waals surface area (Å²) < 4.78 is 16.9. The molecule has 0 amide bonds. The fourth-order valence-corrected chi connectivity index (χ4v) is 3.51.